The van der Waals surface area contributed by atoms with Crippen LogP contribution >= 0.6 is 0 Å². The molecule has 0 aliphatic carbocycles. The topological polar surface area (TPSA) is 90.5 Å². The van der Waals surface area contributed by atoms with E-state index in [1.807, 2.05) is 18.2 Å². The smallest absolute Gasteiger partial charge is 0.152 e. The molecule has 0 aliphatic rings. The first kappa shape index (κ1) is 16.2. The van der Waals surface area contributed by atoms with Gasteiger partial charge in [0.05, 0.1) is 11.2 Å². The number of anilines is 1. The van der Waals surface area contributed by atoms with Gasteiger partial charge < -0.3 is 5.73 Å². The Morgan fingerprint density at radius 2 is 1.57 bits per heavy atom. The highest BCUT2D eigenvalue weighted by molar-refractivity contribution is 6.03. The van der Waals surface area contributed by atoms with Gasteiger partial charge in [0.2, 0.25) is 0 Å². The maximum atomic E-state index is 13.5. The molecule has 134 valence electrons. The van der Waals surface area contributed by atoms with Crippen LogP contribution in [0, 0.1) is 5.82 Å². The lowest BCUT2D eigenvalue weighted by molar-refractivity contribution is 0.628. The van der Waals surface area contributed by atoms with Gasteiger partial charge >= 0.3 is 0 Å². The van der Waals surface area contributed by atoms with Crippen molar-refractivity contribution in [3.05, 3.63) is 73.2 Å². The number of pyridine rings is 1. The minimum absolute atomic E-state index is 0.273. The van der Waals surface area contributed by atoms with Crippen molar-refractivity contribution in [2.24, 2.45) is 0 Å². The van der Waals surface area contributed by atoms with E-state index in [0.29, 0.717) is 16.7 Å². The first-order chi connectivity index (χ1) is 13.7. The summed E-state index contributed by atoms with van der Waals surface area (Å²) in [5.41, 5.74) is 11.1. The van der Waals surface area contributed by atoms with Crippen molar-refractivity contribution in [3.8, 4) is 22.4 Å². The molecule has 0 spiro atoms. The van der Waals surface area contributed by atoms with E-state index in [-0.39, 0.29) is 11.6 Å². The summed E-state index contributed by atoms with van der Waals surface area (Å²) in [5, 5.41) is 0.888. The number of nitrogen functional groups attached to an aromatic ring is 1. The van der Waals surface area contributed by atoms with Crippen molar-refractivity contribution in [3.63, 3.8) is 0 Å². The second-order valence-corrected chi connectivity index (χ2v) is 6.28. The molecule has 0 aliphatic heterocycles. The van der Waals surface area contributed by atoms with Crippen LogP contribution in [0.1, 0.15) is 0 Å². The number of nitrogens with two attached hydrogens (primary N) is 1. The number of rotatable bonds is 2. The molecule has 3 aromatic heterocycles. The highest BCUT2D eigenvalue weighted by atomic mass is 19.1. The SMILES string of the molecule is Nc1nc(-c2ccc(F)cc2)c(-c2ccc3ncncc3c2)c2nccnc12. The Kier molecular flexibility index (Phi) is 3.65. The monoisotopic (exact) mass is 368 g/mol. The normalized spacial score (nSPS) is 11.2. The Morgan fingerprint density at radius 3 is 2.39 bits per heavy atom. The van der Waals surface area contributed by atoms with E-state index < -0.39 is 0 Å². The van der Waals surface area contributed by atoms with Gasteiger partial charge in [0.1, 0.15) is 23.2 Å². The second kappa shape index (κ2) is 6.31. The predicted octanol–water partition coefficient (Wildman–Crippen LogP) is 4.02. The third-order valence-electron chi connectivity index (χ3n) is 4.56. The minimum Gasteiger partial charge on any atom is -0.382 e. The van der Waals surface area contributed by atoms with Gasteiger partial charge in [-0.3, -0.25) is 4.98 Å². The van der Waals surface area contributed by atoms with Gasteiger partial charge in [-0.2, -0.15) is 0 Å². The predicted molar refractivity (Wildman–Crippen MR) is 106 cm³/mol. The molecule has 5 rings (SSSR count). The van der Waals surface area contributed by atoms with Gasteiger partial charge in [-0.15, -0.1) is 0 Å². The quantitative estimate of drug-likeness (QED) is 0.506. The summed E-state index contributed by atoms with van der Waals surface area (Å²) in [5.74, 6) is -0.0444. The zero-order valence-electron chi connectivity index (χ0n) is 14.5. The fourth-order valence-corrected chi connectivity index (χ4v) is 3.28. The maximum absolute atomic E-state index is 13.5. The van der Waals surface area contributed by atoms with Gasteiger partial charge in [-0.25, -0.2) is 24.3 Å². The van der Waals surface area contributed by atoms with Crippen LogP contribution in [0.5, 0.6) is 0 Å². The zero-order chi connectivity index (χ0) is 19.1. The van der Waals surface area contributed by atoms with Crippen molar-refractivity contribution in [2.75, 3.05) is 5.73 Å². The standard InChI is InChI=1S/C21H13FN6/c22-15-4-1-12(2-5-15)18-17(19-20(21(23)28-18)26-8-7-25-19)13-3-6-16-14(9-13)10-24-11-27-16/h1-11H,(H2,23,28). The molecular formula is C21H13FN6. The molecule has 0 bridgehead atoms. The van der Waals surface area contributed by atoms with Gasteiger partial charge in [0.25, 0.3) is 0 Å². The highest BCUT2D eigenvalue weighted by Gasteiger charge is 2.18. The van der Waals surface area contributed by atoms with Crippen molar-refractivity contribution in [1.82, 2.24) is 24.9 Å². The van der Waals surface area contributed by atoms with Crippen LogP contribution < -0.4 is 5.73 Å². The number of nitrogens with zero attached hydrogens (tertiary/aromatic N) is 5. The van der Waals surface area contributed by atoms with E-state index >= 15 is 0 Å². The maximum Gasteiger partial charge on any atom is 0.152 e. The van der Waals surface area contributed by atoms with Crippen LogP contribution in [-0.2, 0) is 0 Å². The molecule has 0 unspecified atom stereocenters. The first-order valence-corrected chi connectivity index (χ1v) is 8.57. The van der Waals surface area contributed by atoms with Gasteiger partial charge in [0, 0.05) is 35.1 Å². The van der Waals surface area contributed by atoms with E-state index in [4.69, 9.17) is 5.73 Å². The van der Waals surface area contributed by atoms with Crippen LogP contribution in [0.2, 0.25) is 0 Å². The van der Waals surface area contributed by atoms with Gasteiger partial charge in [-0.1, -0.05) is 6.07 Å². The minimum atomic E-state index is -0.318. The summed E-state index contributed by atoms with van der Waals surface area (Å²) in [7, 11) is 0. The van der Waals surface area contributed by atoms with Crippen molar-refractivity contribution in [2.45, 2.75) is 0 Å². The van der Waals surface area contributed by atoms with E-state index in [9.17, 15) is 4.39 Å². The Labute approximate surface area is 159 Å². The molecule has 3 heterocycles. The molecule has 28 heavy (non-hydrogen) atoms. The van der Waals surface area contributed by atoms with Crippen LogP contribution in [0.3, 0.4) is 0 Å². The first-order valence-electron chi connectivity index (χ1n) is 8.57. The summed E-state index contributed by atoms with van der Waals surface area (Å²) < 4.78 is 13.5. The average Bonchev–Trinajstić information content (AvgIpc) is 2.74. The molecule has 0 fully saturated rings. The van der Waals surface area contributed by atoms with Crippen molar-refractivity contribution in [1.29, 1.82) is 0 Å². The van der Waals surface area contributed by atoms with Crippen LogP contribution in [0.4, 0.5) is 10.2 Å². The van der Waals surface area contributed by atoms with E-state index in [1.54, 1.807) is 30.7 Å². The van der Waals surface area contributed by atoms with Crippen molar-refractivity contribution >= 4 is 27.8 Å². The number of fused-ring (bicyclic) bond motifs is 2. The molecule has 5 aromatic rings. The third-order valence-corrected chi connectivity index (χ3v) is 4.56. The van der Waals surface area contributed by atoms with Gasteiger partial charge in [0.15, 0.2) is 5.82 Å². The number of halogens is 1. The van der Waals surface area contributed by atoms with Gasteiger partial charge in [-0.05, 0) is 42.0 Å². The van der Waals surface area contributed by atoms with Crippen molar-refractivity contribution < 1.29 is 4.39 Å². The number of hydrogen-bond acceptors (Lipinski definition) is 6. The summed E-state index contributed by atoms with van der Waals surface area (Å²) in [6.45, 7) is 0. The largest absolute Gasteiger partial charge is 0.382 e. The molecule has 2 N–H and O–H groups in total. The summed E-state index contributed by atoms with van der Waals surface area (Å²) >= 11 is 0. The summed E-state index contributed by atoms with van der Waals surface area (Å²) in [6.07, 6.45) is 6.46. The fourth-order valence-electron chi connectivity index (χ4n) is 3.28. The molecule has 0 amide bonds. The molecule has 2 aromatic carbocycles. The van der Waals surface area contributed by atoms with Crippen LogP contribution in [0.15, 0.2) is 67.4 Å². The Hall–Kier alpha value is -4.00. The average molecular weight is 368 g/mol. The lowest BCUT2D eigenvalue weighted by Crippen LogP contribution is -2.01. The number of benzene rings is 2. The molecule has 0 atom stereocenters. The van der Waals surface area contributed by atoms with Crippen LogP contribution in [0.25, 0.3) is 44.3 Å². The van der Waals surface area contributed by atoms with E-state index in [1.165, 1.54) is 18.5 Å². The number of aromatic nitrogens is 5. The second-order valence-electron chi connectivity index (χ2n) is 6.28. The fraction of sp³-hybridized carbons (Fsp3) is 0. The van der Waals surface area contributed by atoms with Crippen LogP contribution in [-0.4, -0.2) is 24.9 Å². The summed E-state index contributed by atoms with van der Waals surface area (Å²) in [6, 6.07) is 12.0. The molecule has 0 saturated carbocycles. The summed E-state index contributed by atoms with van der Waals surface area (Å²) in [4.78, 5) is 21.8. The lowest BCUT2D eigenvalue weighted by atomic mass is 9.96. The molecule has 7 heteroatoms. The highest BCUT2D eigenvalue weighted by Crippen LogP contribution is 2.37. The van der Waals surface area contributed by atoms with E-state index in [2.05, 4.69) is 24.9 Å². The van der Waals surface area contributed by atoms with E-state index in [0.717, 1.165) is 27.6 Å². The molecular weight excluding hydrogens is 355 g/mol. The molecule has 6 nitrogen and oxygen atoms in total. The lowest BCUT2D eigenvalue weighted by Gasteiger charge is -2.14. The molecule has 0 saturated heterocycles. The zero-order valence-corrected chi connectivity index (χ0v) is 14.5. The Bertz CT molecular complexity index is 1330. The number of hydrogen-bond donors (Lipinski definition) is 1. The molecule has 0 radical (unpaired) electrons. The third kappa shape index (κ3) is 2.61. The Morgan fingerprint density at radius 1 is 0.821 bits per heavy atom. The Balaban J connectivity index is 1.87.